The van der Waals surface area contributed by atoms with Crippen molar-refractivity contribution in [1.82, 2.24) is 5.16 Å². The van der Waals surface area contributed by atoms with E-state index in [1.165, 1.54) is 0 Å². The van der Waals surface area contributed by atoms with Crippen LogP contribution in [0.2, 0.25) is 0 Å². The molecule has 0 saturated carbocycles. The Balaban J connectivity index is 1.50. The Labute approximate surface area is 185 Å². The molecule has 3 aromatic carbocycles. The number of ether oxygens (including phenoxy) is 1. The zero-order valence-electron chi connectivity index (χ0n) is 17.3. The van der Waals surface area contributed by atoms with Gasteiger partial charge in [0.2, 0.25) is 0 Å². The third-order valence-electron chi connectivity index (χ3n) is 4.71. The highest BCUT2D eigenvalue weighted by Crippen LogP contribution is 2.33. The van der Waals surface area contributed by atoms with Crippen LogP contribution in [0.3, 0.4) is 0 Å². The monoisotopic (exact) mass is 430 g/mol. The first-order chi connectivity index (χ1) is 15.1. The fourth-order valence-corrected chi connectivity index (χ4v) is 3.91. The van der Waals surface area contributed by atoms with Gasteiger partial charge >= 0.3 is 0 Å². The minimum absolute atomic E-state index is 0.196. The van der Waals surface area contributed by atoms with Crippen LogP contribution in [-0.2, 0) is 6.61 Å². The van der Waals surface area contributed by atoms with Crippen molar-refractivity contribution in [2.45, 2.75) is 30.2 Å². The summed E-state index contributed by atoms with van der Waals surface area (Å²) in [5.74, 6) is 0.951. The lowest BCUT2D eigenvalue weighted by Crippen LogP contribution is -2.16. The van der Waals surface area contributed by atoms with Crippen LogP contribution in [0.15, 0.2) is 93.2 Å². The average Bonchev–Trinajstić information content (AvgIpc) is 3.16. The van der Waals surface area contributed by atoms with E-state index in [4.69, 9.17) is 9.26 Å². The number of carbonyl (C=O) groups is 1. The molecule has 5 nitrogen and oxygen atoms in total. The van der Waals surface area contributed by atoms with Gasteiger partial charge in [0, 0.05) is 9.79 Å². The Morgan fingerprint density at radius 3 is 2.45 bits per heavy atom. The molecule has 1 heterocycles. The molecule has 0 unspecified atom stereocenters. The molecule has 1 aromatic heterocycles. The maximum absolute atomic E-state index is 13.0. The third kappa shape index (κ3) is 5.16. The van der Waals surface area contributed by atoms with Gasteiger partial charge in [-0.25, -0.2) is 0 Å². The van der Waals surface area contributed by atoms with Gasteiger partial charge in [-0.3, -0.25) is 4.79 Å². The molecular weight excluding hydrogens is 408 g/mol. The summed E-state index contributed by atoms with van der Waals surface area (Å²) in [6.45, 7) is 3.99. The van der Waals surface area contributed by atoms with Gasteiger partial charge in [0.1, 0.15) is 18.1 Å². The van der Waals surface area contributed by atoms with Crippen molar-refractivity contribution in [3.8, 4) is 5.75 Å². The predicted molar refractivity (Wildman–Crippen MR) is 122 cm³/mol. The summed E-state index contributed by atoms with van der Waals surface area (Å²) in [7, 11) is 0. The standard InChI is InChI=1S/C25H22N2O3S/c1-17-12-14-19(15-13-17)29-16-21-18(2)30-27-24(21)25(28)26-22-10-6-7-11-23(22)31-20-8-4-3-5-9-20/h3-15H,16H2,1-2H3,(H,26,28). The van der Waals surface area contributed by atoms with Crippen molar-refractivity contribution in [3.63, 3.8) is 0 Å². The third-order valence-corrected chi connectivity index (χ3v) is 5.79. The van der Waals surface area contributed by atoms with Crippen LogP contribution in [0.25, 0.3) is 0 Å². The molecule has 1 amide bonds. The van der Waals surface area contributed by atoms with Gasteiger partial charge in [0.05, 0.1) is 11.3 Å². The Bertz CT molecular complexity index is 1170. The van der Waals surface area contributed by atoms with Crippen LogP contribution in [-0.4, -0.2) is 11.1 Å². The first-order valence-electron chi connectivity index (χ1n) is 9.88. The number of anilines is 1. The molecule has 0 spiro atoms. The Hall–Kier alpha value is -3.51. The van der Waals surface area contributed by atoms with E-state index in [9.17, 15) is 4.79 Å². The van der Waals surface area contributed by atoms with Crippen LogP contribution in [0, 0.1) is 13.8 Å². The lowest BCUT2D eigenvalue weighted by Gasteiger charge is -2.11. The molecule has 0 radical (unpaired) electrons. The second-order valence-electron chi connectivity index (χ2n) is 7.03. The van der Waals surface area contributed by atoms with E-state index in [0.29, 0.717) is 17.0 Å². The minimum Gasteiger partial charge on any atom is -0.489 e. The highest BCUT2D eigenvalue weighted by Gasteiger charge is 2.21. The van der Waals surface area contributed by atoms with Crippen LogP contribution < -0.4 is 10.1 Å². The van der Waals surface area contributed by atoms with E-state index in [-0.39, 0.29) is 18.2 Å². The van der Waals surface area contributed by atoms with E-state index in [2.05, 4.69) is 10.5 Å². The first-order valence-corrected chi connectivity index (χ1v) is 10.7. The summed E-state index contributed by atoms with van der Waals surface area (Å²) in [5, 5.41) is 6.95. The van der Waals surface area contributed by atoms with Crippen molar-refractivity contribution in [1.29, 1.82) is 0 Å². The van der Waals surface area contributed by atoms with Crippen molar-refractivity contribution in [2.75, 3.05) is 5.32 Å². The Kier molecular flexibility index (Phi) is 6.38. The Morgan fingerprint density at radius 1 is 0.968 bits per heavy atom. The van der Waals surface area contributed by atoms with E-state index in [0.717, 1.165) is 21.1 Å². The number of hydrogen-bond acceptors (Lipinski definition) is 5. The molecule has 0 aliphatic rings. The van der Waals surface area contributed by atoms with Crippen LogP contribution >= 0.6 is 11.8 Å². The second kappa shape index (κ2) is 9.53. The topological polar surface area (TPSA) is 64.4 Å². The molecule has 4 aromatic rings. The summed E-state index contributed by atoms with van der Waals surface area (Å²) < 4.78 is 11.1. The summed E-state index contributed by atoms with van der Waals surface area (Å²) in [6, 6.07) is 25.5. The van der Waals surface area contributed by atoms with Gasteiger partial charge in [0.25, 0.3) is 5.91 Å². The van der Waals surface area contributed by atoms with Gasteiger partial charge in [-0.2, -0.15) is 0 Å². The van der Waals surface area contributed by atoms with Crippen molar-refractivity contribution in [3.05, 3.63) is 101 Å². The molecule has 4 rings (SSSR count). The summed E-state index contributed by atoms with van der Waals surface area (Å²) in [6.07, 6.45) is 0. The van der Waals surface area contributed by atoms with Crippen molar-refractivity contribution >= 4 is 23.4 Å². The predicted octanol–water partition coefficient (Wildman–Crippen LogP) is 6.27. The molecule has 0 aliphatic carbocycles. The fraction of sp³-hybridized carbons (Fsp3) is 0.120. The lowest BCUT2D eigenvalue weighted by molar-refractivity contribution is 0.101. The highest BCUT2D eigenvalue weighted by molar-refractivity contribution is 7.99. The summed E-state index contributed by atoms with van der Waals surface area (Å²) >= 11 is 1.59. The number of nitrogens with zero attached hydrogens (tertiary/aromatic N) is 1. The second-order valence-corrected chi connectivity index (χ2v) is 8.15. The molecule has 31 heavy (non-hydrogen) atoms. The van der Waals surface area contributed by atoms with Gasteiger partial charge in [0.15, 0.2) is 5.69 Å². The van der Waals surface area contributed by atoms with Crippen LogP contribution in [0.5, 0.6) is 5.75 Å². The molecule has 0 aliphatic heterocycles. The Morgan fingerprint density at radius 2 is 1.68 bits per heavy atom. The molecule has 6 heteroatoms. The van der Waals surface area contributed by atoms with E-state index in [1.54, 1.807) is 18.7 Å². The van der Waals surface area contributed by atoms with E-state index >= 15 is 0 Å². The van der Waals surface area contributed by atoms with Gasteiger partial charge in [-0.15, -0.1) is 0 Å². The number of aryl methyl sites for hydroxylation is 2. The molecular formula is C25H22N2O3S. The average molecular weight is 431 g/mol. The zero-order valence-corrected chi connectivity index (χ0v) is 18.1. The normalized spacial score (nSPS) is 10.6. The summed E-state index contributed by atoms with van der Waals surface area (Å²) in [5.41, 5.74) is 2.73. The van der Waals surface area contributed by atoms with Gasteiger partial charge in [-0.05, 0) is 50.2 Å². The maximum atomic E-state index is 13.0. The molecule has 0 saturated heterocycles. The van der Waals surface area contributed by atoms with Gasteiger partial charge in [-0.1, -0.05) is 64.9 Å². The number of nitrogens with one attached hydrogen (secondary N) is 1. The molecule has 156 valence electrons. The number of para-hydroxylation sites is 1. The minimum atomic E-state index is -0.333. The molecule has 0 bridgehead atoms. The van der Waals surface area contributed by atoms with E-state index in [1.807, 2.05) is 85.8 Å². The lowest BCUT2D eigenvalue weighted by atomic mass is 10.2. The number of hydrogen-bond donors (Lipinski definition) is 1. The molecule has 0 fully saturated rings. The largest absolute Gasteiger partial charge is 0.489 e. The number of aromatic nitrogens is 1. The summed E-state index contributed by atoms with van der Waals surface area (Å²) in [4.78, 5) is 15.0. The number of amides is 1. The van der Waals surface area contributed by atoms with Crippen LogP contribution in [0.1, 0.15) is 27.4 Å². The number of rotatable bonds is 7. The van der Waals surface area contributed by atoms with E-state index < -0.39 is 0 Å². The SMILES string of the molecule is Cc1ccc(OCc2c(C(=O)Nc3ccccc3Sc3ccccc3)noc2C)cc1. The maximum Gasteiger partial charge on any atom is 0.278 e. The first kappa shape index (κ1) is 20.8. The zero-order chi connectivity index (χ0) is 21.6. The molecule has 1 N–H and O–H groups in total. The smallest absolute Gasteiger partial charge is 0.278 e. The van der Waals surface area contributed by atoms with Gasteiger partial charge < -0.3 is 14.6 Å². The highest BCUT2D eigenvalue weighted by atomic mass is 32.2. The number of carbonyl (C=O) groups excluding carboxylic acids is 1. The fourth-order valence-electron chi connectivity index (χ4n) is 2.99. The molecule has 0 atom stereocenters. The van der Waals surface area contributed by atoms with Crippen molar-refractivity contribution in [2.24, 2.45) is 0 Å². The quantitative estimate of drug-likeness (QED) is 0.374. The van der Waals surface area contributed by atoms with Crippen molar-refractivity contribution < 1.29 is 14.1 Å². The number of benzene rings is 3. The van der Waals surface area contributed by atoms with Crippen LogP contribution in [0.4, 0.5) is 5.69 Å².